The number of guanidine groups is 1. The number of rotatable bonds is 6. The average molecular weight is 422 g/mol. The molecule has 2 aromatic rings. The van der Waals surface area contributed by atoms with Gasteiger partial charge in [0.1, 0.15) is 0 Å². The molecule has 8 heteroatoms. The summed E-state index contributed by atoms with van der Waals surface area (Å²) >= 11 is 0. The van der Waals surface area contributed by atoms with Gasteiger partial charge in [0, 0.05) is 37.8 Å². The van der Waals surface area contributed by atoms with E-state index in [1.54, 1.807) is 13.1 Å². The predicted molar refractivity (Wildman–Crippen MR) is 113 cm³/mol. The molecule has 2 N–H and O–H groups in total. The quantitative estimate of drug-likeness (QED) is 0.550. The van der Waals surface area contributed by atoms with Crippen LogP contribution in [0.25, 0.3) is 0 Å². The van der Waals surface area contributed by atoms with Gasteiger partial charge in [-0.3, -0.25) is 9.67 Å². The Hall–Kier alpha value is -2.51. The van der Waals surface area contributed by atoms with Crippen molar-refractivity contribution in [3.8, 4) is 0 Å². The zero-order valence-electron chi connectivity index (χ0n) is 18.2. The second kappa shape index (κ2) is 8.32. The molecule has 0 spiro atoms. The molecule has 1 aliphatic rings. The standard InChI is InChI=1S/C22H30F3N5/c1-14(11-19-15(2)29-30(5)16(19)3)28-20(26-4)27-13-21(9-10-21)17-7-6-8-18(12-17)22(23,24)25/h6-8,12,14H,9-11,13H2,1-5H3,(H2,26,27,28). The summed E-state index contributed by atoms with van der Waals surface area (Å²) in [6, 6.07) is 5.81. The van der Waals surface area contributed by atoms with Gasteiger partial charge in [-0.2, -0.15) is 18.3 Å². The van der Waals surface area contributed by atoms with E-state index in [2.05, 4.69) is 34.6 Å². The van der Waals surface area contributed by atoms with Gasteiger partial charge in [-0.15, -0.1) is 0 Å². The van der Waals surface area contributed by atoms with Gasteiger partial charge in [0.15, 0.2) is 5.96 Å². The van der Waals surface area contributed by atoms with Crippen LogP contribution >= 0.6 is 0 Å². The van der Waals surface area contributed by atoms with Crippen LogP contribution in [0.4, 0.5) is 13.2 Å². The summed E-state index contributed by atoms with van der Waals surface area (Å²) in [5.41, 5.74) is 3.26. The van der Waals surface area contributed by atoms with Crippen LogP contribution in [0.15, 0.2) is 29.3 Å². The minimum absolute atomic E-state index is 0.126. The Kier molecular flexibility index (Phi) is 6.15. The molecule has 30 heavy (non-hydrogen) atoms. The fourth-order valence-electron chi connectivity index (χ4n) is 3.89. The van der Waals surface area contributed by atoms with E-state index in [0.29, 0.717) is 12.5 Å². The van der Waals surface area contributed by atoms with Crippen LogP contribution in [0.5, 0.6) is 0 Å². The van der Waals surface area contributed by atoms with E-state index >= 15 is 0 Å². The molecule has 0 saturated heterocycles. The number of aryl methyl sites for hydroxylation is 2. The van der Waals surface area contributed by atoms with Crippen molar-refractivity contribution in [3.05, 3.63) is 52.3 Å². The molecule has 1 aliphatic carbocycles. The number of nitrogens with zero attached hydrogens (tertiary/aromatic N) is 3. The van der Waals surface area contributed by atoms with Crippen molar-refractivity contribution in [2.24, 2.45) is 12.0 Å². The van der Waals surface area contributed by atoms with Crippen molar-refractivity contribution in [3.63, 3.8) is 0 Å². The second-order valence-corrected chi connectivity index (χ2v) is 8.31. The first kappa shape index (κ1) is 22.2. The number of aliphatic imine (C=N–C) groups is 1. The molecule has 1 saturated carbocycles. The van der Waals surface area contributed by atoms with Crippen LogP contribution in [0.3, 0.4) is 0 Å². The summed E-state index contributed by atoms with van der Waals surface area (Å²) in [5, 5.41) is 11.2. The number of benzene rings is 1. The van der Waals surface area contributed by atoms with E-state index in [1.165, 1.54) is 17.7 Å². The molecular weight excluding hydrogens is 391 g/mol. The van der Waals surface area contributed by atoms with Gasteiger partial charge in [0.05, 0.1) is 11.3 Å². The maximum atomic E-state index is 13.1. The van der Waals surface area contributed by atoms with E-state index in [1.807, 2.05) is 18.7 Å². The van der Waals surface area contributed by atoms with E-state index in [9.17, 15) is 13.2 Å². The molecule has 1 aromatic heterocycles. The monoisotopic (exact) mass is 421 g/mol. The number of nitrogens with one attached hydrogen (secondary N) is 2. The first-order chi connectivity index (χ1) is 14.1. The number of hydrogen-bond donors (Lipinski definition) is 2. The molecular formula is C22H30F3N5. The van der Waals surface area contributed by atoms with Crippen molar-refractivity contribution in [1.29, 1.82) is 0 Å². The molecule has 1 unspecified atom stereocenters. The Morgan fingerprint density at radius 3 is 2.53 bits per heavy atom. The van der Waals surface area contributed by atoms with E-state index in [0.717, 1.165) is 42.3 Å². The Bertz CT molecular complexity index is 925. The first-order valence-electron chi connectivity index (χ1n) is 10.2. The zero-order valence-corrected chi connectivity index (χ0v) is 18.2. The van der Waals surface area contributed by atoms with Crippen LogP contribution in [-0.2, 0) is 25.1 Å². The third-order valence-electron chi connectivity index (χ3n) is 6.03. The molecule has 0 amide bonds. The number of aromatic nitrogens is 2. The summed E-state index contributed by atoms with van der Waals surface area (Å²) in [6.45, 7) is 6.69. The fourth-order valence-corrected chi connectivity index (χ4v) is 3.89. The summed E-state index contributed by atoms with van der Waals surface area (Å²) < 4.78 is 41.1. The summed E-state index contributed by atoms with van der Waals surface area (Å²) in [7, 11) is 3.64. The van der Waals surface area contributed by atoms with Gasteiger partial charge in [0.25, 0.3) is 0 Å². The minimum atomic E-state index is -4.32. The highest BCUT2D eigenvalue weighted by Gasteiger charge is 2.45. The number of halogens is 3. The van der Waals surface area contributed by atoms with E-state index in [-0.39, 0.29) is 11.5 Å². The van der Waals surface area contributed by atoms with Crippen molar-refractivity contribution in [1.82, 2.24) is 20.4 Å². The fraction of sp³-hybridized carbons (Fsp3) is 0.545. The lowest BCUT2D eigenvalue weighted by Crippen LogP contribution is -2.45. The topological polar surface area (TPSA) is 54.2 Å². The molecule has 0 bridgehead atoms. The Morgan fingerprint density at radius 2 is 2.00 bits per heavy atom. The zero-order chi connectivity index (χ0) is 22.1. The molecule has 1 fully saturated rings. The van der Waals surface area contributed by atoms with Gasteiger partial charge in [-0.05, 0) is 57.2 Å². The summed E-state index contributed by atoms with van der Waals surface area (Å²) in [4.78, 5) is 4.29. The van der Waals surface area contributed by atoms with Crippen LogP contribution in [-0.4, -0.2) is 35.4 Å². The van der Waals surface area contributed by atoms with Gasteiger partial charge < -0.3 is 10.6 Å². The molecule has 5 nitrogen and oxygen atoms in total. The Labute approximate surface area is 175 Å². The highest BCUT2D eigenvalue weighted by molar-refractivity contribution is 5.80. The van der Waals surface area contributed by atoms with Crippen LogP contribution in [0.1, 0.15) is 47.8 Å². The Morgan fingerprint density at radius 1 is 1.30 bits per heavy atom. The molecule has 1 aromatic carbocycles. The van der Waals surface area contributed by atoms with E-state index < -0.39 is 11.7 Å². The second-order valence-electron chi connectivity index (χ2n) is 8.31. The average Bonchev–Trinajstić information content (AvgIpc) is 3.44. The van der Waals surface area contributed by atoms with Crippen LogP contribution in [0, 0.1) is 13.8 Å². The van der Waals surface area contributed by atoms with Gasteiger partial charge >= 0.3 is 6.18 Å². The number of hydrogen-bond acceptors (Lipinski definition) is 2. The number of alkyl halides is 3. The third-order valence-corrected chi connectivity index (χ3v) is 6.03. The minimum Gasteiger partial charge on any atom is -0.356 e. The van der Waals surface area contributed by atoms with Gasteiger partial charge in [0.2, 0.25) is 0 Å². The van der Waals surface area contributed by atoms with Crippen molar-refractivity contribution in [2.45, 2.75) is 57.7 Å². The predicted octanol–water partition coefficient (Wildman–Crippen LogP) is 3.88. The third kappa shape index (κ3) is 4.79. The Balaban J connectivity index is 1.62. The molecule has 3 rings (SSSR count). The normalized spacial score (nSPS) is 17.0. The smallest absolute Gasteiger partial charge is 0.356 e. The SMILES string of the molecule is CN=C(NCC1(c2cccc(C(F)(F)F)c2)CC1)NC(C)Cc1c(C)nn(C)c1C. The highest BCUT2D eigenvalue weighted by Crippen LogP contribution is 2.48. The molecule has 164 valence electrons. The lowest BCUT2D eigenvalue weighted by Gasteiger charge is -2.22. The van der Waals surface area contributed by atoms with E-state index in [4.69, 9.17) is 0 Å². The van der Waals surface area contributed by atoms with Crippen molar-refractivity contribution < 1.29 is 13.2 Å². The van der Waals surface area contributed by atoms with Gasteiger partial charge in [-0.1, -0.05) is 18.2 Å². The molecule has 0 aliphatic heterocycles. The summed E-state index contributed by atoms with van der Waals surface area (Å²) in [6.07, 6.45) is -1.79. The summed E-state index contributed by atoms with van der Waals surface area (Å²) in [5.74, 6) is 0.653. The van der Waals surface area contributed by atoms with Crippen LogP contribution < -0.4 is 10.6 Å². The molecule has 1 heterocycles. The maximum Gasteiger partial charge on any atom is 0.416 e. The molecule has 0 radical (unpaired) electrons. The largest absolute Gasteiger partial charge is 0.416 e. The van der Waals surface area contributed by atoms with Crippen molar-refractivity contribution in [2.75, 3.05) is 13.6 Å². The van der Waals surface area contributed by atoms with Crippen LogP contribution in [0.2, 0.25) is 0 Å². The first-order valence-corrected chi connectivity index (χ1v) is 10.2. The lowest BCUT2D eigenvalue weighted by atomic mass is 9.94. The highest BCUT2D eigenvalue weighted by atomic mass is 19.4. The maximum absolute atomic E-state index is 13.1. The van der Waals surface area contributed by atoms with Crippen molar-refractivity contribution >= 4 is 5.96 Å². The van der Waals surface area contributed by atoms with Gasteiger partial charge in [-0.25, -0.2) is 0 Å². The molecule has 1 atom stereocenters. The lowest BCUT2D eigenvalue weighted by molar-refractivity contribution is -0.137.